The van der Waals surface area contributed by atoms with Gasteiger partial charge in [0.1, 0.15) is 5.75 Å². The summed E-state index contributed by atoms with van der Waals surface area (Å²) in [6.07, 6.45) is 0.186. The fourth-order valence-corrected chi connectivity index (χ4v) is 1.74. The molecule has 0 bridgehead atoms. The molecule has 2 aromatic rings. The lowest BCUT2D eigenvalue weighted by Crippen LogP contribution is -2.05. The topological polar surface area (TPSA) is 35.2 Å². The number of nitrogens with two attached hydrogens (primary N) is 1. The molecule has 0 radical (unpaired) electrons. The van der Waals surface area contributed by atoms with Crippen LogP contribution in [0.3, 0.4) is 0 Å². The van der Waals surface area contributed by atoms with Crippen molar-refractivity contribution in [1.82, 2.24) is 0 Å². The van der Waals surface area contributed by atoms with Crippen molar-refractivity contribution in [1.29, 1.82) is 0 Å². The number of hydrogen-bond donors (Lipinski definition) is 1. The van der Waals surface area contributed by atoms with Gasteiger partial charge in [-0.2, -0.15) is 0 Å². The first-order valence-electron chi connectivity index (χ1n) is 5.78. The predicted molar refractivity (Wildman–Crippen MR) is 72.1 cm³/mol. The maximum Gasteiger partial charge on any atom is 0.120 e. The van der Waals surface area contributed by atoms with Crippen LogP contribution in [-0.2, 0) is 0 Å². The summed E-state index contributed by atoms with van der Waals surface area (Å²) < 4.78 is 5.68. The largest absolute Gasteiger partial charge is 0.491 e. The molecule has 88 valence electrons. The van der Waals surface area contributed by atoms with Gasteiger partial charge in [-0.15, -0.1) is 0 Å². The van der Waals surface area contributed by atoms with E-state index in [-0.39, 0.29) is 6.10 Å². The first kappa shape index (κ1) is 11.5. The third-order valence-corrected chi connectivity index (χ3v) is 2.43. The summed E-state index contributed by atoms with van der Waals surface area (Å²) in [5.74, 6) is 0.889. The summed E-state index contributed by atoms with van der Waals surface area (Å²) in [6.45, 7) is 4.04. The van der Waals surface area contributed by atoms with Gasteiger partial charge in [-0.3, -0.25) is 0 Å². The van der Waals surface area contributed by atoms with Gasteiger partial charge in [-0.05, 0) is 49.2 Å². The Kier molecular flexibility index (Phi) is 3.33. The summed E-state index contributed by atoms with van der Waals surface area (Å²) in [5, 5.41) is 0. The molecule has 0 saturated heterocycles. The average Bonchev–Trinajstić information content (AvgIpc) is 2.28. The van der Waals surface area contributed by atoms with E-state index in [1.165, 1.54) is 0 Å². The molecular formula is C15H17NO. The van der Waals surface area contributed by atoms with Gasteiger partial charge in [-0.1, -0.05) is 24.3 Å². The van der Waals surface area contributed by atoms with E-state index in [2.05, 4.69) is 6.07 Å². The summed E-state index contributed by atoms with van der Waals surface area (Å²) in [7, 11) is 0. The number of hydrogen-bond acceptors (Lipinski definition) is 2. The lowest BCUT2D eigenvalue weighted by molar-refractivity contribution is 0.242. The van der Waals surface area contributed by atoms with E-state index in [0.717, 1.165) is 22.6 Å². The fourth-order valence-electron chi connectivity index (χ4n) is 1.74. The molecule has 0 aliphatic heterocycles. The van der Waals surface area contributed by atoms with Crippen LogP contribution in [0.15, 0.2) is 48.5 Å². The Morgan fingerprint density at radius 3 is 2.24 bits per heavy atom. The molecule has 0 amide bonds. The Morgan fingerprint density at radius 2 is 1.59 bits per heavy atom. The van der Waals surface area contributed by atoms with Crippen LogP contribution >= 0.6 is 0 Å². The zero-order valence-electron chi connectivity index (χ0n) is 10.2. The lowest BCUT2D eigenvalue weighted by atomic mass is 10.1. The number of benzene rings is 2. The monoisotopic (exact) mass is 227 g/mol. The molecule has 0 heterocycles. The summed E-state index contributed by atoms with van der Waals surface area (Å²) >= 11 is 0. The smallest absolute Gasteiger partial charge is 0.120 e. The molecule has 2 N–H and O–H groups in total. The van der Waals surface area contributed by atoms with Crippen molar-refractivity contribution >= 4 is 5.69 Å². The third-order valence-electron chi connectivity index (χ3n) is 2.43. The Hall–Kier alpha value is -1.96. The molecule has 2 rings (SSSR count). The van der Waals surface area contributed by atoms with Gasteiger partial charge in [0.15, 0.2) is 0 Å². The second kappa shape index (κ2) is 4.91. The van der Waals surface area contributed by atoms with Crippen LogP contribution in [0.4, 0.5) is 5.69 Å². The molecule has 2 heteroatoms. The summed E-state index contributed by atoms with van der Waals surface area (Å²) in [5.41, 5.74) is 8.79. The Labute approximate surface area is 102 Å². The zero-order valence-corrected chi connectivity index (χ0v) is 10.2. The van der Waals surface area contributed by atoms with Crippen LogP contribution < -0.4 is 10.5 Å². The minimum absolute atomic E-state index is 0.186. The average molecular weight is 227 g/mol. The van der Waals surface area contributed by atoms with Crippen molar-refractivity contribution in [3.63, 3.8) is 0 Å². The third kappa shape index (κ3) is 3.00. The van der Waals surface area contributed by atoms with Crippen molar-refractivity contribution in [3.8, 4) is 16.9 Å². The van der Waals surface area contributed by atoms with Crippen molar-refractivity contribution in [2.24, 2.45) is 0 Å². The van der Waals surface area contributed by atoms with Crippen molar-refractivity contribution in [3.05, 3.63) is 48.5 Å². The summed E-state index contributed by atoms with van der Waals surface area (Å²) in [6, 6.07) is 15.9. The van der Waals surface area contributed by atoms with Crippen LogP contribution in [0, 0.1) is 0 Å². The normalized spacial score (nSPS) is 10.5. The van der Waals surface area contributed by atoms with Gasteiger partial charge < -0.3 is 10.5 Å². The van der Waals surface area contributed by atoms with E-state index in [4.69, 9.17) is 10.5 Å². The minimum Gasteiger partial charge on any atom is -0.491 e. The quantitative estimate of drug-likeness (QED) is 0.811. The minimum atomic E-state index is 0.186. The predicted octanol–water partition coefficient (Wildman–Crippen LogP) is 3.72. The van der Waals surface area contributed by atoms with Crippen LogP contribution in [0.5, 0.6) is 5.75 Å². The first-order valence-corrected chi connectivity index (χ1v) is 5.78. The van der Waals surface area contributed by atoms with E-state index in [1.807, 2.05) is 56.3 Å². The van der Waals surface area contributed by atoms with Gasteiger partial charge in [0.25, 0.3) is 0 Å². The van der Waals surface area contributed by atoms with E-state index in [9.17, 15) is 0 Å². The Bertz CT molecular complexity index is 506. The van der Waals surface area contributed by atoms with Crippen molar-refractivity contribution in [2.45, 2.75) is 20.0 Å². The highest BCUT2D eigenvalue weighted by Crippen LogP contribution is 2.25. The van der Waals surface area contributed by atoms with E-state index in [0.29, 0.717) is 0 Å². The SMILES string of the molecule is CC(C)Oc1cccc(-c2cccc(N)c2)c1. The fraction of sp³-hybridized carbons (Fsp3) is 0.200. The van der Waals surface area contributed by atoms with Crippen LogP contribution in [-0.4, -0.2) is 6.10 Å². The Balaban J connectivity index is 2.33. The lowest BCUT2D eigenvalue weighted by Gasteiger charge is -2.11. The molecule has 17 heavy (non-hydrogen) atoms. The van der Waals surface area contributed by atoms with Crippen LogP contribution in [0.25, 0.3) is 11.1 Å². The van der Waals surface area contributed by atoms with Gasteiger partial charge in [0.05, 0.1) is 6.10 Å². The van der Waals surface area contributed by atoms with Crippen LogP contribution in [0.1, 0.15) is 13.8 Å². The molecule has 2 aromatic carbocycles. The van der Waals surface area contributed by atoms with Crippen LogP contribution in [0.2, 0.25) is 0 Å². The highest BCUT2D eigenvalue weighted by atomic mass is 16.5. The van der Waals surface area contributed by atoms with Gasteiger partial charge >= 0.3 is 0 Å². The molecular weight excluding hydrogens is 210 g/mol. The summed E-state index contributed by atoms with van der Waals surface area (Å²) in [4.78, 5) is 0. The van der Waals surface area contributed by atoms with E-state index < -0.39 is 0 Å². The Morgan fingerprint density at radius 1 is 0.941 bits per heavy atom. The van der Waals surface area contributed by atoms with Crippen molar-refractivity contribution in [2.75, 3.05) is 5.73 Å². The molecule has 0 aromatic heterocycles. The van der Waals surface area contributed by atoms with E-state index >= 15 is 0 Å². The molecule has 0 spiro atoms. The number of rotatable bonds is 3. The number of nitrogen functional groups attached to an aromatic ring is 1. The maximum absolute atomic E-state index is 5.78. The molecule has 0 fully saturated rings. The van der Waals surface area contributed by atoms with Crippen molar-refractivity contribution < 1.29 is 4.74 Å². The second-order valence-electron chi connectivity index (χ2n) is 4.32. The zero-order chi connectivity index (χ0) is 12.3. The highest BCUT2D eigenvalue weighted by Gasteiger charge is 2.01. The second-order valence-corrected chi connectivity index (χ2v) is 4.32. The number of ether oxygens (including phenoxy) is 1. The first-order chi connectivity index (χ1) is 8.15. The molecule has 2 nitrogen and oxygen atoms in total. The molecule has 0 atom stereocenters. The molecule has 0 aliphatic carbocycles. The molecule has 0 unspecified atom stereocenters. The number of anilines is 1. The van der Waals surface area contributed by atoms with Gasteiger partial charge in [0.2, 0.25) is 0 Å². The molecule has 0 saturated carbocycles. The highest BCUT2D eigenvalue weighted by molar-refractivity contribution is 5.68. The van der Waals surface area contributed by atoms with Gasteiger partial charge in [-0.25, -0.2) is 0 Å². The standard InChI is InChI=1S/C15H17NO/c1-11(2)17-15-8-4-6-13(10-15)12-5-3-7-14(16)9-12/h3-11H,16H2,1-2H3. The molecule has 0 aliphatic rings. The van der Waals surface area contributed by atoms with Gasteiger partial charge in [0, 0.05) is 5.69 Å². The van der Waals surface area contributed by atoms with E-state index in [1.54, 1.807) is 0 Å². The maximum atomic E-state index is 5.78.